The SMILES string of the molecule is COc1ccc([C@@H]2C(C(=O)Nc3ccccc3C)=C(C)N=c3s/c(=C\c4ccc(OC)c5ccccc45)c(=O)n32)cc1OC. The lowest BCUT2D eigenvalue weighted by atomic mass is 9.94. The summed E-state index contributed by atoms with van der Waals surface area (Å²) in [5.41, 5.74) is 3.83. The number of hydrogen-bond acceptors (Lipinski definition) is 7. The van der Waals surface area contributed by atoms with E-state index in [1.54, 1.807) is 45.0 Å². The van der Waals surface area contributed by atoms with Crippen molar-refractivity contribution < 1.29 is 19.0 Å². The van der Waals surface area contributed by atoms with Crippen LogP contribution in [0.2, 0.25) is 0 Å². The van der Waals surface area contributed by atoms with Crippen LogP contribution in [-0.4, -0.2) is 31.8 Å². The number of ether oxygens (including phenoxy) is 3. The molecule has 6 rings (SSSR count). The molecular formula is C35H31N3O5S. The second-order valence-corrected chi connectivity index (χ2v) is 11.4. The number of methoxy groups -OCH3 is 3. The van der Waals surface area contributed by atoms with Crippen LogP contribution < -0.4 is 34.4 Å². The van der Waals surface area contributed by atoms with Crippen molar-refractivity contribution in [3.8, 4) is 17.2 Å². The van der Waals surface area contributed by atoms with Crippen molar-refractivity contribution in [2.75, 3.05) is 26.6 Å². The first-order valence-corrected chi connectivity index (χ1v) is 14.8. The van der Waals surface area contributed by atoms with Gasteiger partial charge in [-0.05, 0) is 66.3 Å². The maximum atomic E-state index is 14.3. The summed E-state index contributed by atoms with van der Waals surface area (Å²) in [6, 6.07) is 24.0. The first kappa shape index (κ1) is 28.9. The number of carbonyl (C=O) groups excluding carboxylic acids is 1. The molecule has 4 aromatic carbocycles. The van der Waals surface area contributed by atoms with Gasteiger partial charge in [0.1, 0.15) is 5.75 Å². The number of aromatic nitrogens is 1. The fourth-order valence-corrected chi connectivity index (χ4v) is 6.63. The van der Waals surface area contributed by atoms with E-state index in [1.165, 1.54) is 11.3 Å². The standard InChI is InChI=1S/C35H31N3O5S/c1-20-10-6-9-13-26(20)37-33(39)31-21(2)36-35-38(32(31)23-15-17-28(42-4)29(18-23)43-5)34(40)30(44-35)19-22-14-16-27(41-3)25-12-8-7-11-24(22)25/h6-19,32H,1-5H3,(H,37,39)/b30-19-/t32-/m1/s1. The number of nitrogens with one attached hydrogen (secondary N) is 1. The Labute approximate surface area is 258 Å². The predicted molar refractivity (Wildman–Crippen MR) is 174 cm³/mol. The summed E-state index contributed by atoms with van der Waals surface area (Å²) in [6.07, 6.45) is 1.88. The molecule has 0 radical (unpaired) electrons. The van der Waals surface area contributed by atoms with E-state index in [-0.39, 0.29) is 11.5 Å². The summed E-state index contributed by atoms with van der Waals surface area (Å²) in [4.78, 5) is 33.6. The molecule has 8 nitrogen and oxygen atoms in total. The van der Waals surface area contributed by atoms with Crippen LogP contribution in [0.1, 0.15) is 29.7 Å². The number of benzene rings is 4. The zero-order chi connectivity index (χ0) is 31.0. The normalized spacial score (nSPS) is 14.7. The number of nitrogens with zero attached hydrogens (tertiary/aromatic N) is 2. The smallest absolute Gasteiger partial charge is 0.271 e. The molecule has 0 bridgehead atoms. The highest BCUT2D eigenvalue weighted by Crippen LogP contribution is 2.36. The number of anilines is 1. The van der Waals surface area contributed by atoms with Gasteiger partial charge in [0.15, 0.2) is 16.3 Å². The Bertz CT molecular complexity index is 2140. The van der Waals surface area contributed by atoms with Gasteiger partial charge < -0.3 is 19.5 Å². The molecule has 44 heavy (non-hydrogen) atoms. The molecule has 0 saturated heterocycles. The van der Waals surface area contributed by atoms with Gasteiger partial charge in [-0.15, -0.1) is 0 Å². The highest BCUT2D eigenvalue weighted by molar-refractivity contribution is 7.07. The average molecular weight is 606 g/mol. The maximum absolute atomic E-state index is 14.3. The molecule has 1 amide bonds. The Kier molecular flexibility index (Phi) is 7.80. The van der Waals surface area contributed by atoms with Crippen molar-refractivity contribution in [1.29, 1.82) is 0 Å². The van der Waals surface area contributed by atoms with Crippen LogP contribution in [0, 0.1) is 6.92 Å². The number of rotatable bonds is 7. The van der Waals surface area contributed by atoms with E-state index in [9.17, 15) is 9.59 Å². The minimum atomic E-state index is -0.759. The molecule has 1 atom stereocenters. The number of thiazole rings is 1. The lowest BCUT2D eigenvalue weighted by molar-refractivity contribution is -0.113. The number of fused-ring (bicyclic) bond motifs is 2. The fourth-order valence-electron chi connectivity index (χ4n) is 5.59. The zero-order valence-corrected chi connectivity index (χ0v) is 25.8. The summed E-state index contributed by atoms with van der Waals surface area (Å²) in [5.74, 6) is 1.45. The molecule has 1 aliphatic heterocycles. The van der Waals surface area contributed by atoms with Gasteiger partial charge in [-0.1, -0.05) is 65.9 Å². The Morgan fingerprint density at radius 2 is 1.55 bits per heavy atom. The van der Waals surface area contributed by atoms with Crippen molar-refractivity contribution >= 4 is 39.8 Å². The van der Waals surface area contributed by atoms with E-state index in [0.29, 0.717) is 43.4 Å². The summed E-state index contributed by atoms with van der Waals surface area (Å²) < 4.78 is 18.7. The van der Waals surface area contributed by atoms with Gasteiger partial charge in [-0.2, -0.15) is 0 Å². The van der Waals surface area contributed by atoms with Crippen LogP contribution in [0.3, 0.4) is 0 Å². The molecule has 9 heteroatoms. The molecule has 0 unspecified atom stereocenters. The number of para-hydroxylation sites is 1. The summed E-state index contributed by atoms with van der Waals surface area (Å²) >= 11 is 1.29. The van der Waals surface area contributed by atoms with Crippen LogP contribution in [0.4, 0.5) is 5.69 Å². The van der Waals surface area contributed by atoms with E-state index in [2.05, 4.69) is 5.32 Å². The lowest BCUT2D eigenvalue weighted by Gasteiger charge is -2.26. The minimum absolute atomic E-state index is 0.248. The Balaban J connectivity index is 1.55. The van der Waals surface area contributed by atoms with Gasteiger partial charge in [0, 0.05) is 11.1 Å². The Morgan fingerprint density at radius 1 is 0.864 bits per heavy atom. The van der Waals surface area contributed by atoms with E-state index < -0.39 is 6.04 Å². The number of aryl methyl sites for hydroxylation is 1. The summed E-state index contributed by atoms with van der Waals surface area (Å²) in [7, 11) is 4.76. The number of amides is 1. The van der Waals surface area contributed by atoms with Crippen LogP contribution in [0.5, 0.6) is 17.2 Å². The van der Waals surface area contributed by atoms with Gasteiger partial charge in [-0.3, -0.25) is 14.2 Å². The van der Waals surface area contributed by atoms with E-state index >= 15 is 0 Å². The monoisotopic (exact) mass is 605 g/mol. The highest BCUT2D eigenvalue weighted by Gasteiger charge is 2.33. The lowest BCUT2D eigenvalue weighted by Crippen LogP contribution is -2.40. The molecule has 0 fully saturated rings. The van der Waals surface area contributed by atoms with Gasteiger partial charge in [-0.25, -0.2) is 4.99 Å². The third-order valence-electron chi connectivity index (χ3n) is 7.81. The first-order chi connectivity index (χ1) is 21.3. The third kappa shape index (κ3) is 5.05. The summed E-state index contributed by atoms with van der Waals surface area (Å²) in [6.45, 7) is 3.73. The zero-order valence-electron chi connectivity index (χ0n) is 25.0. The number of allylic oxidation sites excluding steroid dienone is 1. The molecule has 2 heterocycles. The fraction of sp³-hybridized carbons (Fsp3) is 0.171. The van der Waals surface area contributed by atoms with E-state index in [4.69, 9.17) is 19.2 Å². The second kappa shape index (κ2) is 11.9. The van der Waals surface area contributed by atoms with Gasteiger partial charge in [0.25, 0.3) is 11.5 Å². The Hall–Kier alpha value is -5.15. The summed E-state index contributed by atoms with van der Waals surface area (Å²) in [5, 5.41) is 4.96. The van der Waals surface area contributed by atoms with E-state index in [1.807, 2.05) is 79.7 Å². The molecule has 1 aromatic heterocycles. The highest BCUT2D eigenvalue weighted by atomic mass is 32.1. The first-order valence-electron chi connectivity index (χ1n) is 14.0. The molecule has 0 aliphatic carbocycles. The van der Waals surface area contributed by atoms with E-state index in [0.717, 1.165) is 27.6 Å². The molecule has 0 saturated carbocycles. The van der Waals surface area contributed by atoms with Crippen LogP contribution in [-0.2, 0) is 4.79 Å². The molecule has 5 aromatic rings. The van der Waals surface area contributed by atoms with Gasteiger partial charge in [0.05, 0.1) is 43.2 Å². The van der Waals surface area contributed by atoms with Crippen molar-refractivity contribution in [1.82, 2.24) is 4.57 Å². The van der Waals surface area contributed by atoms with Crippen LogP contribution in [0.15, 0.2) is 99.9 Å². The van der Waals surface area contributed by atoms with Crippen LogP contribution >= 0.6 is 11.3 Å². The van der Waals surface area contributed by atoms with Gasteiger partial charge in [0.2, 0.25) is 0 Å². The average Bonchev–Trinajstić information content (AvgIpc) is 3.34. The second-order valence-electron chi connectivity index (χ2n) is 10.4. The molecule has 1 N–H and O–H groups in total. The molecule has 0 spiro atoms. The largest absolute Gasteiger partial charge is 0.496 e. The number of hydrogen-bond donors (Lipinski definition) is 1. The quantitative estimate of drug-likeness (QED) is 0.270. The predicted octanol–water partition coefficient (Wildman–Crippen LogP) is 5.36. The Morgan fingerprint density at radius 3 is 2.27 bits per heavy atom. The topological polar surface area (TPSA) is 91.2 Å². The van der Waals surface area contributed by atoms with Crippen LogP contribution in [0.25, 0.3) is 16.8 Å². The van der Waals surface area contributed by atoms with Crippen molar-refractivity contribution in [2.45, 2.75) is 19.9 Å². The molecule has 222 valence electrons. The molecular weight excluding hydrogens is 574 g/mol. The van der Waals surface area contributed by atoms with Gasteiger partial charge >= 0.3 is 0 Å². The third-order valence-corrected chi connectivity index (χ3v) is 8.79. The number of carbonyl (C=O) groups is 1. The minimum Gasteiger partial charge on any atom is -0.496 e. The molecule has 1 aliphatic rings. The van der Waals surface area contributed by atoms with Crippen molar-refractivity contribution in [2.24, 2.45) is 4.99 Å². The van der Waals surface area contributed by atoms with Crippen molar-refractivity contribution in [3.63, 3.8) is 0 Å². The maximum Gasteiger partial charge on any atom is 0.271 e. The van der Waals surface area contributed by atoms with Crippen molar-refractivity contribution in [3.05, 3.63) is 127 Å².